The van der Waals surface area contributed by atoms with Crippen molar-refractivity contribution in [2.24, 2.45) is 0 Å². The summed E-state index contributed by atoms with van der Waals surface area (Å²) < 4.78 is 0. The maximum atomic E-state index is 3.32. The van der Waals surface area contributed by atoms with Gasteiger partial charge >= 0.3 is 0 Å². The number of aromatic amines is 1. The number of hydrogen-bond donors (Lipinski definition) is 1. The molecule has 0 unspecified atom stereocenters. The summed E-state index contributed by atoms with van der Waals surface area (Å²) in [6.07, 6.45) is 2.08. The quantitative estimate of drug-likeness (QED) is 0.491. The fraction of sp³-hybridized carbons (Fsp3) is 0. The summed E-state index contributed by atoms with van der Waals surface area (Å²) in [7, 11) is 0. The summed E-state index contributed by atoms with van der Waals surface area (Å²) in [5.41, 5.74) is 3.70. The second kappa shape index (κ2) is 5.74. The van der Waals surface area contributed by atoms with Gasteiger partial charge in [-0.1, -0.05) is 72.4 Å². The van der Waals surface area contributed by atoms with E-state index in [2.05, 4.69) is 84.0 Å². The second-order valence-corrected chi connectivity index (χ2v) is 6.31. The number of fused-ring (bicyclic) bond motifs is 1. The molecule has 1 nitrogen and oxygen atoms in total. The number of hydrogen-bond acceptors (Lipinski definition) is 1. The van der Waals surface area contributed by atoms with E-state index in [9.17, 15) is 0 Å². The van der Waals surface area contributed by atoms with Crippen molar-refractivity contribution in [3.8, 4) is 11.1 Å². The Labute approximate surface area is 134 Å². The lowest BCUT2D eigenvalue weighted by Crippen LogP contribution is -1.77. The topological polar surface area (TPSA) is 15.8 Å². The van der Waals surface area contributed by atoms with Gasteiger partial charge in [-0.05, 0) is 29.3 Å². The molecule has 22 heavy (non-hydrogen) atoms. The van der Waals surface area contributed by atoms with Gasteiger partial charge in [0.15, 0.2) is 0 Å². The molecular weight excluding hydrogens is 286 g/mol. The van der Waals surface area contributed by atoms with Crippen LogP contribution in [0.3, 0.4) is 0 Å². The van der Waals surface area contributed by atoms with Gasteiger partial charge in [0.2, 0.25) is 0 Å². The van der Waals surface area contributed by atoms with Gasteiger partial charge in [0.25, 0.3) is 0 Å². The van der Waals surface area contributed by atoms with Gasteiger partial charge in [-0.3, -0.25) is 0 Å². The molecule has 0 saturated heterocycles. The maximum Gasteiger partial charge on any atom is 0.0465 e. The molecule has 1 aromatic heterocycles. The normalized spacial score (nSPS) is 10.9. The average Bonchev–Trinajstić information content (AvgIpc) is 3.00. The van der Waals surface area contributed by atoms with Crippen LogP contribution in [0.25, 0.3) is 22.0 Å². The molecular formula is C20H15NS. The maximum absolute atomic E-state index is 3.32. The number of nitrogens with one attached hydrogen (secondary N) is 1. The molecule has 4 aromatic rings. The van der Waals surface area contributed by atoms with Gasteiger partial charge in [0, 0.05) is 26.9 Å². The minimum atomic E-state index is 1.19. The van der Waals surface area contributed by atoms with Crippen LogP contribution in [0.5, 0.6) is 0 Å². The van der Waals surface area contributed by atoms with Crippen molar-refractivity contribution >= 4 is 22.7 Å². The molecule has 0 fully saturated rings. The molecule has 0 aliphatic heterocycles. The second-order valence-electron chi connectivity index (χ2n) is 5.19. The number of H-pyrrole nitrogens is 1. The van der Waals surface area contributed by atoms with Crippen molar-refractivity contribution in [3.05, 3.63) is 85.1 Å². The summed E-state index contributed by atoms with van der Waals surface area (Å²) >= 11 is 1.80. The Bertz CT molecular complexity index is 892. The van der Waals surface area contributed by atoms with Crippen LogP contribution >= 0.6 is 11.8 Å². The van der Waals surface area contributed by atoms with E-state index in [1.54, 1.807) is 11.8 Å². The number of para-hydroxylation sites is 1. The van der Waals surface area contributed by atoms with E-state index in [4.69, 9.17) is 0 Å². The number of rotatable bonds is 3. The first-order valence-corrected chi connectivity index (χ1v) is 8.11. The molecule has 0 spiro atoms. The van der Waals surface area contributed by atoms with Crippen LogP contribution in [0.4, 0.5) is 0 Å². The molecule has 106 valence electrons. The molecule has 0 aliphatic rings. The smallest absolute Gasteiger partial charge is 0.0465 e. The van der Waals surface area contributed by atoms with E-state index in [1.807, 2.05) is 6.07 Å². The van der Waals surface area contributed by atoms with Gasteiger partial charge in [-0.15, -0.1) is 0 Å². The predicted molar refractivity (Wildman–Crippen MR) is 94.3 cm³/mol. The molecule has 0 amide bonds. The highest BCUT2D eigenvalue weighted by Crippen LogP contribution is 2.34. The first-order valence-electron chi connectivity index (χ1n) is 7.29. The van der Waals surface area contributed by atoms with Crippen molar-refractivity contribution in [1.82, 2.24) is 4.98 Å². The molecule has 1 N–H and O–H groups in total. The van der Waals surface area contributed by atoms with Crippen LogP contribution in [0.15, 0.2) is 94.9 Å². The van der Waals surface area contributed by atoms with E-state index in [0.717, 1.165) is 0 Å². The first-order chi connectivity index (χ1) is 10.9. The third-order valence-corrected chi connectivity index (χ3v) is 4.81. The molecule has 0 aliphatic carbocycles. The molecule has 4 rings (SSSR count). The summed E-state index contributed by atoms with van der Waals surface area (Å²) in [6, 6.07) is 27.6. The summed E-state index contributed by atoms with van der Waals surface area (Å²) in [6.45, 7) is 0. The Morgan fingerprint density at radius 3 is 2.14 bits per heavy atom. The summed E-state index contributed by atoms with van der Waals surface area (Å²) in [5, 5.41) is 1.28. The lowest BCUT2D eigenvalue weighted by molar-refractivity contribution is 1.39. The van der Waals surface area contributed by atoms with Crippen molar-refractivity contribution in [1.29, 1.82) is 0 Å². The Morgan fingerprint density at radius 1 is 0.636 bits per heavy atom. The Kier molecular flexibility index (Phi) is 3.45. The highest BCUT2D eigenvalue weighted by atomic mass is 32.2. The molecule has 0 bridgehead atoms. The molecule has 2 heteroatoms. The Balaban J connectivity index is 1.61. The van der Waals surface area contributed by atoms with Crippen LogP contribution in [0.2, 0.25) is 0 Å². The van der Waals surface area contributed by atoms with Gasteiger partial charge in [-0.25, -0.2) is 0 Å². The molecule has 0 radical (unpaired) electrons. The zero-order chi connectivity index (χ0) is 14.8. The lowest BCUT2D eigenvalue weighted by Gasteiger charge is -2.04. The Morgan fingerprint density at radius 2 is 1.32 bits per heavy atom. The Hall–Kier alpha value is -2.45. The van der Waals surface area contributed by atoms with E-state index >= 15 is 0 Å². The minimum Gasteiger partial charge on any atom is -0.360 e. The van der Waals surface area contributed by atoms with Crippen molar-refractivity contribution in [2.45, 2.75) is 9.79 Å². The molecule has 0 atom stereocenters. The zero-order valence-corrected chi connectivity index (χ0v) is 12.8. The first kappa shape index (κ1) is 13.2. The van der Waals surface area contributed by atoms with Gasteiger partial charge in [-0.2, -0.15) is 0 Å². The standard InChI is InChI=1S/C20H15NS/c1-2-6-15(7-3-1)16-10-12-17(13-11-16)22-20-14-21-19-9-5-4-8-18(19)20/h1-14,21H. The molecule has 3 aromatic carbocycles. The van der Waals surface area contributed by atoms with Crippen LogP contribution in [-0.2, 0) is 0 Å². The van der Waals surface area contributed by atoms with Gasteiger partial charge in [0.05, 0.1) is 0 Å². The summed E-state index contributed by atoms with van der Waals surface area (Å²) in [4.78, 5) is 5.85. The molecule has 0 saturated carbocycles. The fourth-order valence-electron chi connectivity index (χ4n) is 2.60. The van der Waals surface area contributed by atoms with Crippen molar-refractivity contribution in [3.63, 3.8) is 0 Å². The van der Waals surface area contributed by atoms with Crippen molar-refractivity contribution < 1.29 is 0 Å². The SMILES string of the molecule is c1ccc(-c2ccc(Sc3c[nH]c4ccccc34)cc2)cc1. The predicted octanol–water partition coefficient (Wildman–Crippen LogP) is 5.99. The van der Waals surface area contributed by atoms with E-state index in [0.29, 0.717) is 0 Å². The zero-order valence-electron chi connectivity index (χ0n) is 12.0. The average molecular weight is 301 g/mol. The molecule has 1 heterocycles. The highest BCUT2D eigenvalue weighted by Gasteiger charge is 2.05. The van der Waals surface area contributed by atoms with E-state index < -0.39 is 0 Å². The largest absolute Gasteiger partial charge is 0.360 e. The van der Waals surface area contributed by atoms with E-state index in [-0.39, 0.29) is 0 Å². The van der Waals surface area contributed by atoms with Gasteiger partial charge in [0.1, 0.15) is 0 Å². The highest BCUT2D eigenvalue weighted by molar-refractivity contribution is 7.99. The fourth-order valence-corrected chi connectivity index (χ4v) is 3.53. The van der Waals surface area contributed by atoms with Crippen LogP contribution in [0.1, 0.15) is 0 Å². The third-order valence-electron chi connectivity index (χ3n) is 3.74. The lowest BCUT2D eigenvalue weighted by atomic mass is 10.1. The van der Waals surface area contributed by atoms with Gasteiger partial charge < -0.3 is 4.98 Å². The third kappa shape index (κ3) is 2.53. The van der Waals surface area contributed by atoms with Crippen LogP contribution in [-0.4, -0.2) is 4.98 Å². The monoisotopic (exact) mass is 301 g/mol. The van der Waals surface area contributed by atoms with Crippen molar-refractivity contribution in [2.75, 3.05) is 0 Å². The number of aromatic nitrogens is 1. The van der Waals surface area contributed by atoms with E-state index in [1.165, 1.54) is 31.8 Å². The van der Waals surface area contributed by atoms with Crippen LogP contribution < -0.4 is 0 Å². The summed E-state index contributed by atoms with van der Waals surface area (Å²) in [5.74, 6) is 0. The minimum absolute atomic E-state index is 1.19. The van der Waals surface area contributed by atoms with Crippen LogP contribution in [0, 0.1) is 0 Å². The number of benzene rings is 3.